The van der Waals surface area contributed by atoms with Gasteiger partial charge in [0.1, 0.15) is 0 Å². The summed E-state index contributed by atoms with van der Waals surface area (Å²) in [4.78, 5) is 26.0. The second-order valence-electron chi connectivity index (χ2n) is 8.88. The quantitative estimate of drug-likeness (QED) is 0.410. The van der Waals surface area contributed by atoms with Crippen molar-refractivity contribution >= 4 is 39.8 Å². The Morgan fingerprint density at radius 3 is 2.49 bits per heavy atom. The van der Waals surface area contributed by atoms with Gasteiger partial charge in [-0.05, 0) is 49.0 Å². The number of para-hydroxylation sites is 1. The van der Waals surface area contributed by atoms with E-state index < -0.39 is 0 Å². The Bertz CT molecular complexity index is 1330. The lowest BCUT2D eigenvalue weighted by molar-refractivity contribution is -0.115. The molecule has 2 N–H and O–H groups in total. The van der Waals surface area contributed by atoms with Crippen LogP contribution < -0.4 is 15.5 Å². The van der Waals surface area contributed by atoms with E-state index in [1.807, 2.05) is 55.6 Å². The van der Waals surface area contributed by atoms with Crippen LogP contribution in [0, 0.1) is 0 Å². The maximum absolute atomic E-state index is 11.8. The van der Waals surface area contributed by atoms with E-state index >= 15 is 0 Å². The molecule has 1 aromatic heterocycles. The number of amides is 1. The number of hydrogen-bond donors (Lipinski definition) is 2. The second-order valence-corrected chi connectivity index (χ2v) is 8.88. The van der Waals surface area contributed by atoms with Crippen LogP contribution in [0.1, 0.15) is 13.3 Å². The lowest BCUT2D eigenvalue weighted by Gasteiger charge is -2.34. The molecule has 0 bridgehead atoms. The summed E-state index contributed by atoms with van der Waals surface area (Å²) in [6, 6.07) is 22.4. The van der Waals surface area contributed by atoms with Crippen molar-refractivity contribution in [1.29, 1.82) is 0 Å². The van der Waals surface area contributed by atoms with E-state index in [9.17, 15) is 4.79 Å². The van der Waals surface area contributed by atoms with Gasteiger partial charge < -0.3 is 20.4 Å². The zero-order valence-corrected chi connectivity index (χ0v) is 20.2. The molecule has 0 atom stereocenters. The van der Waals surface area contributed by atoms with Crippen molar-refractivity contribution < 1.29 is 4.79 Å². The van der Waals surface area contributed by atoms with Crippen molar-refractivity contribution in [2.45, 2.75) is 13.3 Å². The normalized spacial score (nSPS) is 14.2. The highest BCUT2D eigenvalue weighted by Gasteiger charge is 2.14. The summed E-state index contributed by atoms with van der Waals surface area (Å²) in [5.41, 5.74) is 5.80. The lowest BCUT2D eigenvalue weighted by atomic mass is 10.0. The molecule has 1 fully saturated rings. The topological polar surface area (TPSA) is 73.4 Å². The third-order valence-corrected chi connectivity index (χ3v) is 6.38. The van der Waals surface area contributed by atoms with E-state index in [2.05, 4.69) is 56.7 Å². The highest BCUT2D eigenvalue weighted by Crippen LogP contribution is 2.30. The minimum Gasteiger partial charge on any atom is -0.369 e. The summed E-state index contributed by atoms with van der Waals surface area (Å²) in [5.74, 6) is 0.542. The number of nitrogens with zero attached hydrogens (tertiary/aromatic N) is 4. The Balaban J connectivity index is 1.39. The van der Waals surface area contributed by atoms with Gasteiger partial charge >= 0.3 is 0 Å². The van der Waals surface area contributed by atoms with Crippen molar-refractivity contribution in [3.8, 4) is 11.1 Å². The third-order valence-electron chi connectivity index (χ3n) is 6.38. The standard InChI is InChI=1S/C28H30N6O/c1-3-26(35)30-23-8-4-6-20(18-23)25-9-5-7-21-19-29-28(32-27(21)25)31-22-10-12-24(13-11-22)34-16-14-33(2)15-17-34/h4-13,18-19H,3,14-17H2,1-2H3,(H,30,35)(H,29,31,32). The zero-order chi connectivity index (χ0) is 24.2. The summed E-state index contributed by atoms with van der Waals surface area (Å²) in [7, 11) is 2.17. The molecule has 1 amide bonds. The summed E-state index contributed by atoms with van der Waals surface area (Å²) in [5, 5.41) is 7.25. The first kappa shape index (κ1) is 22.8. The third kappa shape index (κ3) is 5.25. The van der Waals surface area contributed by atoms with Gasteiger partial charge in [-0.1, -0.05) is 37.3 Å². The Kier molecular flexibility index (Phi) is 6.59. The molecule has 0 radical (unpaired) electrons. The van der Waals surface area contributed by atoms with Crippen LogP contribution in [0.2, 0.25) is 0 Å². The molecule has 4 aromatic rings. The van der Waals surface area contributed by atoms with E-state index in [-0.39, 0.29) is 5.91 Å². The molecular weight excluding hydrogens is 436 g/mol. The highest BCUT2D eigenvalue weighted by atomic mass is 16.1. The fourth-order valence-electron chi connectivity index (χ4n) is 4.31. The molecule has 7 nitrogen and oxygen atoms in total. The number of rotatable bonds is 6. The minimum absolute atomic E-state index is 0.00692. The second kappa shape index (κ2) is 10.1. The number of nitrogens with one attached hydrogen (secondary N) is 2. The summed E-state index contributed by atoms with van der Waals surface area (Å²) >= 11 is 0. The van der Waals surface area contributed by atoms with Crippen LogP contribution in [0.3, 0.4) is 0 Å². The Morgan fingerprint density at radius 2 is 1.71 bits per heavy atom. The molecule has 35 heavy (non-hydrogen) atoms. The van der Waals surface area contributed by atoms with Gasteiger partial charge in [0, 0.05) is 66.8 Å². The summed E-state index contributed by atoms with van der Waals surface area (Å²) < 4.78 is 0. The first-order valence-electron chi connectivity index (χ1n) is 12.1. The summed E-state index contributed by atoms with van der Waals surface area (Å²) in [6.45, 7) is 6.10. The minimum atomic E-state index is -0.00692. The van der Waals surface area contributed by atoms with Crippen molar-refractivity contribution in [2.75, 3.05) is 48.8 Å². The van der Waals surface area contributed by atoms with E-state index in [1.54, 1.807) is 0 Å². The molecule has 1 aliphatic heterocycles. The number of carbonyl (C=O) groups is 1. The van der Waals surface area contributed by atoms with Crippen molar-refractivity contribution in [3.05, 3.63) is 72.9 Å². The number of piperazine rings is 1. The molecular formula is C28H30N6O. The van der Waals surface area contributed by atoms with Crippen LogP contribution in [0.25, 0.3) is 22.0 Å². The number of benzene rings is 3. The largest absolute Gasteiger partial charge is 0.369 e. The van der Waals surface area contributed by atoms with Gasteiger partial charge in [-0.25, -0.2) is 9.97 Å². The van der Waals surface area contributed by atoms with Gasteiger partial charge in [-0.15, -0.1) is 0 Å². The van der Waals surface area contributed by atoms with E-state index in [0.717, 1.165) is 59.6 Å². The number of anilines is 4. The molecule has 0 saturated carbocycles. The number of aromatic nitrogens is 2. The number of carbonyl (C=O) groups excluding carboxylic acids is 1. The average Bonchev–Trinajstić information content (AvgIpc) is 2.89. The van der Waals surface area contributed by atoms with Gasteiger partial charge in [0.25, 0.3) is 0 Å². The van der Waals surface area contributed by atoms with E-state index in [0.29, 0.717) is 12.4 Å². The fraction of sp³-hybridized carbons (Fsp3) is 0.250. The molecule has 2 heterocycles. The van der Waals surface area contributed by atoms with Crippen LogP contribution in [0.4, 0.5) is 23.0 Å². The van der Waals surface area contributed by atoms with Gasteiger partial charge in [-0.2, -0.15) is 0 Å². The molecule has 3 aromatic carbocycles. The van der Waals surface area contributed by atoms with Crippen molar-refractivity contribution in [2.24, 2.45) is 0 Å². The fourth-order valence-corrected chi connectivity index (χ4v) is 4.31. The molecule has 0 spiro atoms. The Labute approximate surface area is 205 Å². The monoisotopic (exact) mass is 466 g/mol. The maximum Gasteiger partial charge on any atom is 0.227 e. The molecule has 0 unspecified atom stereocenters. The predicted molar refractivity (Wildman–Crippen MR) is 143 cm³/mol. The van der Waals surface area contributed by atoms with Gasteiger partial charge in [-0.3, -0.25) is 4.79 Å². The zero-order valence-electron chi connectivity index (χ0n) is 20.2. The smallest absolute Gasteiger partial charge is 0.227 e. The molecule has 1 saturated heterocycles. The van der Waals surface area contributed by atoms with Crippen LogP contribution in [-0.2, 0) is 4.79 Å². The molecule has 178 valence electrons. The lowest BCUT2D eigenvalue weighted by Crippen LogP contribution is -2.44. The van der Waals surface area contributed by atoms with Crippen LogP contribution in [0.5, 0.6) is 0 Å². The van der Waals surface area contributed by atoms with Crippen molar-refractivity contribution in [1.82, 2.24) is 14.9 Å². The summed E-state index contributed by atoms with van der Waals surface area (Å²) in [6.07, 6.45) is 2.28. The predicted octanol–water partition coefficient (Wildman–Crippen LogP) is 5.14. The van der Waals surface area contributed by atoms with Gasteiger partial charge in [0.05, 0.1) is 5.52 Å². The number of fused-ring (bicyclic) bond motifs is 1. The molecule has 7 heteroatoms. The molecule has 1 aliphatic rings. The maximum atomic E-state index is 11.8. The van der Waals surface area contributed by atoms with Gasteiger partial charge in [0.15, 0.2) is 0 Å². The first-order chi connectivity index (χ1) is 17.1. The highest BCUT2D eigenvalue weighted by molar-refractivity contribution is 5.96. The Morgan fingerprint density at radius 1 is 0.943 bits per heavy atom. The van der Waals surface area contributed by atoms with Crippen LogP contribution >= 0.6 is 0 Å². The van der Waals surface area contributed by atoms with Crippen LogP contribution in [-0.4, -0.2) is 54.0 Å². The van der Waals surface area contributed by atoms with E-state index in [1.165, 1.54) is 5.69 Å². The number of hydrogen-bond acceptors (Lipinski definition) is 6. The van der Waals surface area contributed by atoms with E-state index in [4.69, 9.17) is 4.98 Å². The molecule has 0 aliphatic carbocycles. The van der Waals surface area contributed by atoms with Gasteiger partial charge in [0.2, 0.25) is 11.9 Å². The number of likely N-dealkylation sites (N-methyl/N-ethyl adjacent to an activating group) is 1. The average molecular weight is 467 g/mol. The Hall–Kier alpha value is -3.97. The molecule has 5 rings (SSSR count). The SMILES string of the molecule is CCC(=O)Nc1cccc(-c2cccc3cnc(Nc4ccc(N5CCN(C)CC5)cc4)nc23)c1. The first-order valence-corrected chi connectivity index (χ1v) is 12.1. The van der Waals surface area contributed by atoms with Crippen molar-refractivity contribution in [3.63, 3.8) is 0 Å². The van der Waals surface area contributed by atoms with Crippen LogP contribution in [0.15, 0.2) is 72.9 Å².